The molecule has 5 nitrogen and oxygen atoms in total. The average molecular weight is 466 g/mol. The lowest BCUT2D eigenvalue weighted by atomic mass is 9.82. The van der Waals surface area contributed by atoms with Gasteiger partial charge in [0.15, 0.2) is 0 Å². The maximum absolute atomic E-state index is 13.1. The normalized spacial score (nSPS) is 20.3. The lowest BCUT2D eigenvalue weighted by molar-refractivity contribution is -0.184. The molecular weight excluding hydrogens is 435 g/mol. The molecule has 1 fully saturated rings. The van der Waals surface area contributed by atoms with Gasteiger partial charge < -0.3 is 15.2 Å². The number of hydrogen-bond donors (Lipinski definition) is 2. The molecule has 0 radical (unpaired) electrons. The summed E-state index contributed by atoms with van der Waals surface area (Å²) in [5.41, 5.74) is -0.510. The Hall–Kier alpha value is -2.77. The van der Waals surface area contributed by atoms with Gasteiger partial charge in [0.05, 0.1) is 18.1 Å². The van der Waals surface area contributed by atoms with Crippen LogP contribution in [0.15, 0.2) is 36.4 Å². The molecule has 2 N–H and O–H groups in total. The second-order valence-corrected chi connectivity index (χ2v) is 9.84. The lowest BCUT2D eigenvalue weighted by Gasteiger charge is -2.30. The summed E-state index contributed by atoms with van der Waals surface area (Å²) in [6, 6.07) is 9.58. The fourth-order valence-corrected chi connectivity index (χ4v) is 4.29. The number of alkyl halides is 3. The maximum Gasteiger partial charge on any atom is 0.391 e. The lowest BCUT2D eigenvalue weighted by Crippen LogP contribution is -2.49. The summed E-state index contributed by atoms with van der Waals surface area (Å²) in [5.74, 6) is -2.70. The fourth-order valence-electron chi connectivity index (χ4n) is 4.29. The summed E-state index contributed by atoms with van der Waals surface area (Å²) in [5, 5.41) is 13.7. The van der Waals surface area contributed by atoms with Gasteiger partial charge in [0.25, 0.3) is 5.91 Å². The molecular formula is C25H30F3NO4. The van der Waals surface area contributed by atoms with Crippen LogP contribution in [0.2, 0.25) is 0 Å². The third-order valence-corrected chi connectivity index (χ3v) is 6.29. The van der Waals surface area contributed by atoms with E-state index < -0.39 is 35.4 Å². The number of carboxylic acid groups (broad SMARTS) is 1. The van der Waals surface area contributed by atoms with Crippen molar-refractivity contribution < 1.29 is 32.6 Å². The van der Waals surface area contributed by atoms with Crippen molar-refractivity contribution in [1.29, 1.82) is 0 Å². The van der Waals surface area contributed by atoms with Gasteiger partial charge in [-0.3, -0.25) is 4.79 Å². The average Bonchev–Trinajstić information content (AvgIpc) is 2.74. The molecule has 0 heterocycles. The number of carbonyl (C=O) groups is 2. The van der Waals surface area contributed by atoms with Gasteiger partial charge in [-0.2, -0.15) is 13.2 Å². The molecule has 33 heavy (non-hydrogen) atoms. The highest BCUT2D eigenvalue weighted by atomic mass is 19.4. The van der Waals surface area contributed by atoms with E-state index >= 15 is 0 Å². The number of carbonyl (C=O) groups excluding carboxylic acids is 1. The molecule has 0 spiro atoms. The topological polar surface area (TPSA) is 75.6 Å². The predicted octanol–water partition coefficient (Wildman–Crippen LogP) is 5.82. The predicted molar refractivity (Wildman–Crippen MR) is 119 cm³/mol. The van der Waals surface area contributed by atoms with Crippen molar-refractivity contribution in [2.75, 3.05) is 6.61 Å². The number of aliphatic carboxylic acids is 1. The number of halogens is 3. The molecule has 1 atom stereocenters. The largest absolute Gasteiger partial charge is 0.492 e. The highest BCUT2D eigenvalue weighted by molar-refractivity contribution is 6.05. The van der Waals surface area contributed by atoms with E-state index in [2.05, 4.69) is 5.32 Å². The van der Waals surface area contributed by atoms with E-state index in [0.29, 0.717) is 24.0 Å². The van der Waals surface area contributed by atoms with Crippen LogP contribution in [0.5, 0.6) is 5.75 Å². The van der Waals surface area contributed by atoms with Crippen LogP contribution in [0.4, 0.5) is 13.2 Å². The first-order valence-electron chi connectivity index (χ1n) is 11.1. The van der Waals surface area contributed by atoms with Crippen molar-refractivity contribution in [2.24, 2.45) is 17.3 Å². The zero-order chi connectivity index (χ0) is 24.4. The van der Waals surface area contributed by atoms with Gasteiger partial charge in [0.2, 0.25) is 0 Å². The zero-order valence-corrected chi connectivity index (χ0v) is 19.0. The highest BCUT2D eigenvalue weighted by Gasteiger charge is 2.41. The van der Waals surface area contributed by atoms with Crippen molar-refractivity contribution in [3.63, 3.8) is 0 Å². The smallest absolute Gasteiger partial charge is 0.391 e. The number of carboxylic acids is 1. The van der Waals surface area contributed by atoms with E-state index in [-0.39, 0.29) is 30.9 Å². The second kappa shape index (κ2) is 9.61. The minimum Gasteiger partial charge on any atom is -0.492 e. The van der Waals surface area contributed by atoms with Crippen LogP contribution in [-0.4, -0.2) is 35.8 Å². The third kappa shape index (κ3) is 5.97. The van der Waals surface area contributed by atoms with E-state index in [9.17, 15) is 27.9 Å². The summed E-state index contributed by atoms with van der Waals surface area (Å²) >= 11 is 0. The molecule has 0 saturated heterocycles. The number of amides is 1. The van der Waals surface area contributed by atoms with Crippen LogP contribution in [-0.2, 0) is 4.79 Å². The van der Waals surface area contributed by atoms with Crippen LogP contribution >= 0.6 is 0 Å². The first-order valence-corrected chi connectivity index (χ1v) is 11.1. The number of benzene rings is 2. The molecule has 0 aliphatic heterocycles. The molecule has 1 aliphatic rings. The summed E-state index contributed by atoms with van der Waals surface area (Å²) in [6.07, 6.45) is -3.21. The standard InChI is InChI=1S/C25H30F3NO4/c1-24(2,3)21(23(31)32)29-22(30)19-13-10-16-6-4-5-7-18(16)20(19)33-14-15-8-11-17(12-9-15)25(26,27)28/h4-7,10,13,15,17,21H,8-9,11-12,14H2,1-3H3,(H,29,30)(H,31,32)/t15?,17?,21-/m1/s1. The first kappa shape index (κ1) is 24.9. The first-order chi connectivity index (χ1) is 15.4. The quantitative estimate of drug-likeness (QED) is 0.564. The van der Waals surface area contributed by atoms with Crippen molar-refractivity contribution in [1.82, 2.24) is 5.32 Å². The van der Waals surface area contributed by atoms with E-state index in [1.807, 2.05) is 12.1 Å². The van der Waals surface area contributed by atoms with Crippen LogP contribution in [0.1, 0.15) is 56.8 Å². The monoisotopic (exact) mass is 465 g/mol. The summed E-state index contributed by atoms with van der Waals surface area (Å²) < 4.78 is 45.0. The van der Waals surface area contributed by atoms with E-state index in [0.717, 1.165) is 5.39 Å². The molecule has 2 aromatic rings. The van der Waals surface area contributed by atoms with Gasteiger partial charge in [0.1, 0.15) is 11.8 Å². The minimum atomic E-state index is -4.17. The van der Waals surface area contributed by atoms with E-state index in [1.54, 1.807) is 45.0 Å². The molecule has 0 aromatic heterocycles. The molecule has 0 unspecified atom stereocenters. The Balaban J connectivity index is 1.82. The van der Waals surface area contributed by atoms with Crippen LogP contribution in [0, 0.1) is 17.3 Å². The van der Waals surface area contributed by atoms with Gasteiger partial charge in [-0.25, -0.2) is 4.79 Å². The molecule has 1 aliphatic carbocycles. The van der Waals surface area contributed by atoms with Gasteiger partial charge >= 0.3 is 12.1 Å². The summed E-state index contributed by atoms with van der Waals surface area (Å²) in [4.78, 5) is 24.8. The van der Waals surface area contributed by atoms with Crippen LogP contribution in [0.25, 0.3) is 10.8 Å². The molecule has 1 saturated carbocycles. The van der Waals surface area contributed by atoms with Gasteiger partial charge in [-0.05, 0) is 48.5 Å². The fraction of sp³-hybridized carbons (Fsp3) is 0.520. The second-order valence-electron chi connectivity index (χ2n) is 9.84. The summed E-state index contributed by atoms with van der Waals surface area (Å²) in [7, 11) is 0. The Morgan fingerprint density at radius 2 is 1.70 bits per heavy atom. The molecule has 180 valence electrons. The van der Waals surface area contributed by atoms with Crippen LogP contribution < -0.4 is 10.1 Å². The van der Waals surface area contributed by atoms with E-state index in [4.69, 9.17) is 4.74 Å². The maximum atomic E-state index is 13.1. The molecule has 2 aromatic carbocycles. The van der Waals surface area contributed by atoms with Crippen molar-refractivity contribution in [3.8, 4) is 5.75 Å². The van der Waals surface area contributed by atoms with Gasteiger partial charge in [0, 0.05) is 5.39 Å². The Labute approximate surface area is 191 Å². The summed E-state index contributed by atoms with van der Waals surface area (Å²) in [6.45, 7) is 5.37. The Morgan fingerprint density at radius 3 is 2.27 bits per heavy atom. The van der Waals surface area contributed by atoms with Gasteiger partial charge in [-0.1, -0.05) is 51.1 Å². The number of hydrogen-bond acceptors (Lipinski definition) is 3. The van der Waals surface area contributed by atoms with Crippen molar-refractivity contribution in [3.05, 3.63) is 42.0 Å². The minimum absolute atomic E-state index is 0.0418. The Morgan fingerprint density at radius 1 is 1.06 bits per heavy atom. The molecule has 8 heteroatoms. The number of fused-ring (bicyclic) bond motifs is 1. The Bertz CT molecular complexity index is 1000. The number of nitrogens with one attached hydrogen (secondary N) is 1. The van der Waals surface area contributed by atoms with Crippen LogP contribution in [0.3, 0.4) is 0 Å². The number of rotatable bonds is 6. The van der Waals surface area contributed by atoms with Crippen molar-refractivity contribution in [2.45, 2.75) is 58.7 Å². The van der Waals surface area contributed by atoms with Gasteiger partial charge in [-0.15, -0.1) is 0 Å². The molecule has 1 amide bonds. The van der Waals surface area contributed by atoms with Crippen molar-refractivity contribution >= 4 is 22.6 Å². The zero-order valence-electron chi connectivity index (χ0n) is 19.0. The molecule has 3 rings (SSSR count). The number of ether oxygens (including phenoxy) is 1. The highest BCUT2D eigenvalue weighted by Crippen LogP contribution is 2.40. The Kier molecular flexibility index (Phi) is 7.24. The molecule has 0 bridgehead atoms. The third-order valence-electron chi connectivity index (χ3n) is 6.29. The SMILES string of the molecule is CC(C)(C)[C@H](NC(=O)c1ccc2ccccc2c1OCC1CCC(C(F)(F)F)CC1)C(=O)O. The van der Waals surface area contributed by atoms with E-state index in [1.165, 1.54) is 0 Å².